The number of thiophene rings is 1. The van der Waals surface area contributed by atoms with Crippen LogP contribution in [0.2, 0.25) is 0 Å². The molecule has 29 heavy (non-hydrogen) atoms. The zero-order valence-electron chi connectivity index (χ0n) is 16.7. The first-order chi connectivity index (χ1) is 14.0. The molecular weight excluding hydrogens is 380 g/mol. The third-order valence-corrected chi connectivity index (χ3v) is 6.64. The predicted octanol–water partition coefficient (Wildman–Crippen LogP) is 4.89. The Hall–Kier alpha value is -2.92. The number of hydrogen-bond donors (Lipinski definition) is 0. The van der Waals surface area contributed by atoms with Crippen LogP contribution in [0.25, 0.3) is 10.4 Å². The lowest BCUT2D eigenvalue weighted by atomic mass is 10.1. The van der Waals surface area contributed by atoms with Crippen molar-refractivity contribution in [3.05, 3.63) is 76.7 Å². The second-order valence-electron chi connectivity index (χ2n) is 7.37. The maximum absolute atomic E-state index is 13.0. The van der Waals surface area contributed by atoms with Gasteiger partial charge in [0, 0.05) is 42.3 Å². The van der Waals surface area contributed by atoms with Gasteiger partial charge in [0.1, 0.15) is 0 Å². The first kappa shape index (κ1) is 19.4. The first-order valence-corrected chi connectivity index (χ1v) is 10.7. The van der Waals surface area contributed by atoms with Crippen molar-refractivity contribution in [1.82, 2.24) is 4.90 Å². The van der Waals surface area contributed by atoms with Crippen LogP contribution in [0.4, 0.5) is 5.69 Å². The first-order valence-electron chi connectivity index (χ1n) is 9.84. The number of carbonyl (C=O) groups excluding carboxylic acids is 2. The van der Waals surface area contributed by atoms with Crippen molar-refractivity contribution in [3.63, 3.8) is 0 Å². The van der Waals surface area contributed by atoms with Crippen LogP contribution in [-0.4, -0.2) is 42.8 Å². The van der Waals surface area contributed by atoms with E-state index < -0.39 is 0 Å². The summed E-state index contributed by atoms with van der Waals surface area (Å²) in [5.41, 5.74) is 4.13. The van der Waals surface area contributed by atoms with Gasteiger partial charge in [-0.1, -0.05) is 30.3 Å². The van der Waals surface area contributed by atoms with Crippen molar-refractivity contribution in [2.75, 3.05) is 31.1 Å². The molecular formula is C24H24N2O2S. The second kappa shape index (κ2) is 8.21. The van der Waals surface area contributed by atoms with Gasteiger partial charge in [0.15, 0.2) is 5.78 Å². The van der Waals surface area contributed by atoms with Gasteiger partial charge < -0.3 is 9.80 Å². The van der Waals surface area contributed by atoms with Gasteiger partial charge in [0.05, 0.1) is 4.88 Å². The predicted molar refractivity (Wildman–Crippen MR) is 119 cm³/mol. The van der Waals surface area contributed by atoms with Gasteiger partial charge in [-0.2, -0.15) is 0 Å². The topological polar surface area (TPSA) is 40.6 Å². The number of anilines is 1. The molecule has 4 rings (SSSR count). The van der Waals surface area contributed by atoms with Crippen molar-refractivity contribution in [2.24, 2.45) is 0 Å². The average Bonchev–Trinajstić information content (AvgIpc) is 3.15. The van der Waals surface area contributed by atoms with Crippen LogP contribution in [0, 0.1) is 6.92 Å². The zero-order chi connectivity index (χ0) is 20.4. The fourth-order valence-electron chi connectivity index (χ4n) is 3.69. The molecule has 1 amide bonds. The Morgan fingerprint density at radius 1 is 0.897 bits per heavy atom. The highest BCUT2D eigenvalue weighted by molar-refractivity contribution is 7.17. The summed E-state index contributed by atoms with van der Waals surface area (Å²) in [6.07, 6.45) is 0. The molecule has 0 atom stereocenters. The molecule has 0 unspecified atom stereocenters. The minimum atomic E-state index is 0.0769. The van der Waals surface area contributed by atoms with Gasteiger partial charge in [-0.3, -0.25) is 9.59 Å². The Bertz CT molecular complexity index is 1020. The molecule has 2 aromatic carbocycles. The molecule has 0 spiro atoms. The van der Waals surface area contributed by atoms with Crippen molar-refractivity contribution in [3.8, 4) is 10.4 Å². The van der Waals surface area contributed by atoms with E-state index in [1.165, 1.54) is 0 Å². The zero-order valence-corrected chi connectivity index (χ0v) is 17.5. The number of nitrogens with zero attached hydrogens (tertiary/aromatic N) is 2. The quantitative estimate of drug-likeness (QED) is 0.582. The van der Waals surface area contributed by atoms with E-state index in [2.05, 4.69) is 24.0 Å². The van der Waals surface area contributed by atoms with E-state index in [0.29, 0.717) is 13.1 Å². The normalized spacial score (nSPS) is 14.1. The Morgan fingerprint density at radius 2 is 1.55 bits per heavy atom. The van der Waals surface area contributed by atoms with Crippen LogP contribution < -0.4 is 4.90 Å². The van der Waals surface area contributed by atoms with Gasteiger partial charge in [-0.05, 0) is 55.3 Å². The SMILES string of the molecule is CC(=O)c1ccc(N2CCN(C(=O)c3cc(C)c(-c4ccccc4)s3)CC2)cc1. The third-order valence-electron chi connectivity index (χ3n) is 5.37. The van der Waals surface area contributed by atoms with Crippen LogP contribution in [0.15, 0.2) is 60.7 Å². The Kier molecular flexibility index (Phi) is 5.49. The number of rotatable bonds is 4. The van der Waals surface area contributed by atoms with E-state index in [4.69, 9.17) is 0 Å². The number of carbonyl (C=O) groups is 2. The van der Waals surface area contributed by atoms with Crippen LogP contribution in [-0.2, 0) is 0 Å². The number of piperazine rings is 1. The van der Waals surface area contributed by atoms with E-state index in [1.54, 1.807) is 18.3 Å². The van der Waals surface area contributed by atoms with Crippen LogP contribution in [0.3, 0.4) is 0 Å². The minimum Gasteiger partial charge on any atom is -0.368 e. The molecule has 1 fully saturated rings. The molecule has 0 bridgehead atoms. The summed E-state index contributed by atoms with van der Waals surface area (Å²) in [6, 6.07) is 20.0. The van der Waals surface area contributed by atoms with Crippen molar-refractivity contribution in [2.45, 2.75) is 13.8 Å². The molecule has 0 aliphatic carbocycles. The monoisotopic (exact) mass is 404 g/mol. The third kappa shape index (κ3) is 4.10. The number of benzene rings is 2. The molecule has 3 aromatic rings. The smallest absolute Gasteiger partial charge is 0.264 e. The van der Waals surface area contributed by atoms with E-state index in [0.717, 1.165) is 45.2 Å². The van der Waals surface area contributed by atoms with E-state index >= 15 is 0 Å². The second-order valence-corrected chi connectivity index (χ2v) is 8.42. The molecule has 4 nitrogen and oxygen atoms in total. The fraction of sp³-hybridized carbons (Fsp3) is 0.250. The molecule has 1 aromatic heterocycles. The number of ketones is 1. The Labute approximate surface area is 175 Å². The molecule has 1 aliphatic rings. The lowest BCUT2D eigenvalue weighted by Gasteiger charge is -2.36. The maximum Gasteiger partial charge on any atom is 0.264 e. The van der Waals surface area contributed by atoms with Gasteiger partial charge in [-0.15, -0.1) is 11.3 Å². The van der Waals surface area contributed by atoms with Crippen LogP contribution in [0.5, 0.6) is 0 Å². The highest BCUT2D eigenvalue weighted by atomic mass is 32.1. The van der Waals surface area contributed by atoms with Gasteiger partial charge in [-0.25, -0.2) is 0 Å². The molecule has 0 N–H and O–H groups in total. The lowest BCUT2D eigenvalue weighted by molar-refractivity contribution is 0.0751. The molecule has 1 saturated heterocycles. The van der Waals surface area contributed by atoms with Gasteiger partial charge in [0.2, 0.25) is 0 Å². The van der Waals surface area contributed by atoms with Gasteiger partial charge in [0.25, 0.3) is 5.91 Å². The van der Waals surface area contributed by atoms with Gasteiger partial charge >= 0.3 is 0 Å². The van der Waals surface area contributed by atoms with E-state index in [9.17, 15) is 9.59 Å². The summed E-state index contributed by atoms with van der Waals surface area (Å²) in [5, 5.41) is 0. The number of Topliss-reactive ketones (excluding diaryl/α,β-unsaturated/α-hetero) is 1. The average molecular weight is 405 g/mol. The van der Waals surface area contributed by atoms with E-state index in [-0.39, 0.29) is 11.7 Å². The number of aryl methyl sites for hydroxylation is 1. The molecule has 5 heteroatoms. The summed E-state index contributed by atoms with van der Waals surface area (Å²) in [6.45, 7) is 6.63. The Balaban J connectivity index is 1.42. The van der Waals surface area contributed by atoms with Crippen LogP contribution in [0.1, 0.15) is 32.5 Å². The molecule has 148 valence electrons. The van der Waals surface area contributed by atoms with Crippen molar-refractivity contribution < 1.29 is 9.59 Å². The summed E-state index contributed by atoms with van der Waals surface area (Å²) < 4.78 is 0. The molecule has 2 heterocycles. The number of hydrogen-bond acceptors (Lipinski definition) is 4. The lowest BCUT2D eigenvalue weighted by Crippen LogP contribution is -2.48. The molecule has 0 saturated carbocycles. The molecule has 1 aliphatic heterocycles. The highest BCUT2D eigenvalue weighted by Crippen LogP contribution is 2.33. The van der Waals surface area contributed by atoms with E-state index in [1.807, 2.05) is 53.4 Å². The fourth-order valence-corrected chi connectivity index (χ4v) is 4.84. The molecule has 0 radical (unpaired) electrons. The van der Waals surface area contributed by atoms with Crippen molar-refractivity contribution >= 4 is 28.7 Å². The largest absolute Gasteiger partial charge is 0.368 e. The number of amides is 1. The minimum absolute atomic E-state index is 0.0769. The van der Waals surface area contributed by atoms with Crippen LogP contribution >= 0.6 is 11.3 Å². The highest BCUT2D eigenvalue weighted by Gasteiger charge is 2.24. The maximum atomic E-state index is 13.0. The summed E-state index contributed by atoms with van der Waals surface area (Å²) in [5.74, 6) is 0.194. The summed E-state index contributed by atoms with van der Waals surface area (Å²) in [4.78, 5) is 30.7. The summed E-state index contributed by atoms with van der Waals surface area (Å²) in [7, 11) is 0. The Morgan fingerprint density at radius 3 is 2.17 bits per heavy atom. The summed E-state index contributed by atoms with van der Waals surface area (Å²) >= 11 is 1.58. The standard InChI is InChI=1S/C24H24N2O2S/c1-17-16-22(29-23(17)20-6-4-3-5-7-20)24(28)26-14-12-25(13-15-26)21-10-8-19(9-11-21)18(2)27/h3-11,16H,12-15H2,1-2H3. The van der Waals surface area contributed by atoms with Crippen molar-refractivity contribution in [1.29, 1.82) is 0 Å².